The summed E-state index contributed by atoms with van der Waals surface area (Å²) in [6, 6.07) is 0. The van der Waals surface area contributed by atoms with Gasteiger partial charge in [0.05, 0.1) is 6.17 Å². The second kappa shape index (κ2) is 16.8. The van der Waals surface area contributed by atoms with E-state index in [1.54, 1.807) is 5.57 Å². The molecule has 7 N–H and O–H groups in total. The molecule has 1 unspecified atom stereocenters. The molecule has 0 heterocycles. The fourth-order valence-corrected chi connectivity index (χ4v) is 10.6. The van der Waals surface area contributed by atoms with Crippen molar-refractivity contribution in [3.8, 4) is 0 Å². The molecule has 0 aromatic heterocycles. The lowest BCUT2D eigenvalue weighted by Gasteiger charge is -2.58. The Hall–Kier alpha value is -1.15. The summed E-state index contributed by atoms with van der Waals surface area (Å²) in [5.74, 6) is 5.04. The maximum atomic E-state index is 12.9. The molecule has 4 aliphatic rings. The zero-order chi connectivity index (χ0) is 32.6. The number of nitrogens with zero attached hydrogens (tertiary/aromatic N) is 1. The van der Waals surface area contributed by atoms with E-state index in [9.17, 15) is 4.79 Å². The van der Waals surface area contributed by atoms with Gasteiger partial charge in [0, 0.05) is 13.0 Å². The minimum Gasteiger partial charge on any atom is -0.446 e. The summed E-state index contributed by atoms with van der Waals surface area (Å²) in [5.41, 5.74) is 20.1. The van der Waals surface area contributed by atoms with Crippen molar-refractivity contribution in [1.29, 1.82) is 0 Å². The summed E-state index contributed by atoms with van der Waals surface area (Å²) < 4.78 is 6.00. The lowest BCUT2D eigenvalue weighted by Crippen LogP contribution is -2.51. The van der Waals surface area contributed by atoms with E-state index in [2.05, 4.69) is 50.9 Å². The molecule has 3 saturated carbocycles. The Morgan fingerprint density at radius 2 is 1.69 bits per heavy atom. The Morgan fingerprint density at radius 1 is 0.933 bits per heavy atom. The van der Waals surface area contributed by atoms with Gasteiger partial charge in [0.1, 0.15) is 6.10 Å². The molecule has 4 aliphatic carbocycles. The zero-order valence-electron chi connectivity index (χ0n) is 29.8. The summed E-state index contributed by atoms with van der Waals surface area (Å²) in [6.07, 6.45) is 19.5. The molecule has 7 heteroatoms. The van der Waals surface area contributed by atoms with Crippen LogP contribution >= 0.6 is 0 Å². The van der Waals surface area contributed by atoms with Crippen LogP contribution in [0.2, 0.25) is 0 Å². The van der Waals surface area contributed by atoms with E-state index in [0.717, 1.165) is 93.7 Å². The van der Waals surface area contributed by atoms with Crippen molar-refractivity contribution in [3.63, 3.8) is 0 Å². The van der Waals surface area contributed by atoms with Crippen molar-refractivity contribution in [2.75, 3.05) is 32.7 Å². The van der Waals surface area contributed by atoms with Gasteiger partial charge in [0.25, 0.3) is 0 Å². The van der Waals surface area contributed by atoms with Gasteiger partial charge in [-0.1, -0.05) is 65.5 Å². The second-order valence-corrected chi connectivity index (χ2v) is 16.6. The zero-order valence-corrected chi connectivity index (χ0v) is 29.8. The number of rotatable bonds is 17. The van der Waals surface area contributed by atoms with Crippen molar-refractivity contribution < 1.29 is 9.53 Å². The van der Waals surface area contributed by atoms with Crippen molar-refractivity contribution in [2.45, 2.75) is 143 Å². The maximum Gasteiger partial charge on any atom is 0.408 e. The summed E-state index contributed by atoms with van der Waals surface area (Å²) in [4.78, 5) is 15.3. The number of allylic oxidation sites excluding steroid dienone is 1. The van der Waals surface area contributed by atoms with Crippen molar-refractivity contribution >= 4 is 6.09 Å². The number of hydrogen-bond acceptors (Lipinski definition) is 6. The van der Waals surface area contributed by atoms with Crippen LogP contribution < -0.4 is 22.5 Å². The van der Waals surface area contributed by atoms with Gasteiger partial charge in [0.2, 0.25) is 0 Å². The number of alkyl carbamates (subject to hydrolysis) is 1. The molecule has 45 heavy (non-hydrogen) atoms. The molecule has 0 radical (unpaired) electrons. The van der Waals surface area contributed by atoms with E-state index < -0.39 is 6.17 Å². The van der Waals surface area contributed by atoms with Crippen LogP contribution in [-0.4, -0.2) is 56.0 Å². The van der Waals surface area contributed by atoms with E-state index in [4.69, 9.17) is 21.9 Å². The van der Waals surface area contributed by atoms with Gasteiger partial charge in [-0.15, -0.1) is 0 Å². The molecule has 0 aromatic rings. The number of unbranched alkanes of at least 4 members (excludes halogenated alkanes) is 1. The highest BCUT2D eigenvalue weighted by Crippen LogP contribution is 2.67. The largest absolute Gasteiger partial charge is 0.446 e. The molecule has 0 spiro atoms. The van der Waals surface area contributed by atoms with Crippen LogP contribution in [0.3, 0.4) is 0 Å². The van der Waals surface area contributed by atoms with Crippen LogP contribution in [0.25, 0.3) is 0 Å². The number of hydrogen-bond donors (Lipinski definition) is 4. The predicted molar refractivity (Wildman–Crippen MR) is 187 cm³/mol. The molecule has 0 bridgehead atoms. The molecule has 0 saturated heterocycles. The Kier molecular flexibility index (Phi) is 13.7. The van der Waals surface area contributed by atoms with Crippen LogP contribution in [-0.2, 0) is 4.74 Å². The normalized spacial score (nSPS) is 34.1. The first kappa shape index (κ1) is 36.7. The monoisotopic (exact) mass is 630 g/mol. The van der Waals surface area contributed by atoms with Crippen molar-refractivity contribution in [3.05, 3.63) is 11.6 Å². The first-order valence-electron chi connectivity index (χ1n) is 19.1. The molecule has 260 valence electrons. The van der Waals surface area contributed by atoms with Crippen molar-refractivity contribution in [1.82, 2.24) is 10.2 Å². The van der Waals surface area contributed by atoms with Gasteiger partial charge >= 0.3 is 6.09 Å². The molecule has 7 nitrogen and oxygen atoms in total. The highest BCUT2D eigenvalue weighted by molar-refractivity contribution is 5.67. The quantitative estimate of drug-likeness (QED) is 0.0768. The molecule has 0 aromatic carbocycles. The Bertz CT molecular complexity index is 956. The average molecular weight is 630 g/mol. The highest BCUT2D eigenvalue weighted by atomic mass is 16.6. The van der Waals surface area contributed by atoms with E-state index in [-0.39, 0.29) is 17.6 Å². The smallest absolute Gasteiger partial charge is 0.408 e. The number of ether oxygens (including phenoxy) is 1. The number of carbonyl (C=O) groups is 1. The predicted octanol–water partition coefficient (Wildman–Crippen LogP) is 7.19. The van der Waals surface area contributed by atoms with Gasteiger partial charge in [-0.3, -0.25) is 0 Å². The fourth-order valence-electron chi connectivity index (χ4n) is 10.6. The molecular formula is C38H71N5O2. The van der Waals surface area contributed by atoms with E-state index in [1.807, 2.05) is 0 Å². The van der Waals surface area contributed by atoms with Crippen LogP contribution in [0.15, 0.2) is 11.6 Å². The lowest BCUT2D eigenvalue weighted by molar-refractivity contribution is -0.0582. The van der Waals surface area contributed by atoms with Crippen LogP contribution in [0.4, 0.5) is 4.79 Å². The van der Waals surface area contributed by atoms with E-state index in [0.29, 0.717) is 24.9 Å². The Balaban J connectivity index is 1.27. The van der Waals surface area contributed by atoms with E-state index in [1.165, 1.54) is 51.4 Å². The first-order chi connectivity index (χ1) is 21.5. The summed E-state index contributed by atoms with van der Waals surface area (Å²) in [6.45, 7) is 16.7. The number of amides is 1. The molecule has 0 aliphatic heterocycles. The summed E-state index contributed by atoms with van der Waals surface area (Å²) >= 11 is 0. The Morgan fingerprint density at radius 3 is 2.42 bits per heavy atom. The van der Waals surface area contributed by atoms with Gasteiger partial charge in [-0.2, -0.15) is 0 Å². The van der Waals surface area contributed by atoms with Crippen LogP contribution in [0.5, 0.6) is 0 Å². The van der Waals surface area contributed by atoms with Crippen molar-refractivity contribution in [2.24, 2.45) is 63.5 Å². The fraction of sp³-hybridized carbons (Fsp3) is 0.921. The second-order valence-electron chi connectivity index (χ2n) is 16.6. The van der Waals surface area contributed by atoms with Crippen LogP contribution in [0, 0.1) is 46.3 Å². The SMILES string of the molecule is CC(C)CCC[C@@H](C)[C@H]1CC[C@H]2[C@@H]3CC=C4C[C@@H](OC(=O)NC(N)CCN(CCCN)CCCCN)CC[C@]4(C)[C@H]3CC[C@]12C. The third-order valence-corrected chi connectivity index (χ3v) is 13.2. The minimum atomic E-state index is -0.416. The standard InChI is InChI=1S/C38H71N5O2/c1-27(2)10-8-11-28(3)32-14-15-33-31-13-12-29-26-30(16-19-37(29,4)34(31)17-20-38(32,33)5)45-36(44)42-35(41)18-25-43(24-9-22-40)23-7-6-21-39/h12,27-28,30-35H,6-11,13-26,39-41H2,1-5H3,(H,42,44)/t28-,30+,31+,32-,33+,34+,35?,37+,38-/m1/s1. The van der Waals surface area contributed by atoms with Gasteiger partial charge in [-0.05, 0) is 143 Å². The molecule has 9 atom stereocenters. The maximum absolute atomic E-state index is 12.9. The van der Waals surface area contributed by atoms with Gasteiger partial charge < -0.3 is 32.2 Å². The minimum absolute atomic E-state index is 0.0539. The topological polar surface area (TPSA) is 120 Å². The summed E-state index contributed by atoms with van der Waals surface area (Å²) in [5, 5.41) is 2.92. The average Bonchev–Trinajstić information content (AvgIpc) is 3.35. The third kappa shape index (κ3) is 9.06. The molecule has 3 fully saturated rings. The molecule has 1 amide bonds. The van der Waals surface area contributed by atoms with E-state index >= 15 is 0 Å². The number of fused-ring (bicyclic) bond motifs is 5. The number of nitrogens with two attached hydrogens (primary N) is 3. The number of nitrogens with one attached hydrogen (secondary N) is 1. The highest BCUT2D eigenvalue weighted by Gasteiger charge is 2.59. The molecule has 4 rings (SSSR count). The summed E-state index contributed by atoms with van der Waals surface area (Å²) in [7, 11) is 0. The van der Waals surface area contributed by atoms with Gasteiger partial charge in [-0.25, -0.2) is 4.79 Å². The molecular weight excluding hydrogens is 558 g/mol. The Labute approximate surface area is 276 Å². The van der Waals surface area contributed by atoms with Gasteiger partial charge in [0.15, 0.2) is 0 Å². The first-order valence-corrected chi connectivity index (χ1v) is 19.1. The third-order valence-electron chi connectivity index (χ3n) is 13.2. The lowest BCUT2D eigenvalue weighted by atomic mass is 9.47. The van der Waals surface area contributed by atoms with Crippen LogP contribution in [0.1, 0.15) is 131 Å². The number of carbonyl (C=O) groups excluding carboxylic acids is 1.